The molecular weight excluding hydrogens is 188 g/mol. The van der Waals surface area contributed by atoms with E-state index in [-0.39, 0.29) is 11.9 Å². The lowest BCUT2D eigenvalue weighted by Gasteiger charge is -2.15. The molecule has 0 N–H and O–H groups in total. The fraction of sp³-hybridized carbons (Fsp3) is 0.308. The zero-order valence-corrected chi connectivity index (χ0v) is 8.94. The first-order valence-electron chi connectivity index (χ1n) is 4.87. The van der Waals surface area contributed by atoms with E-state index in [1.807, 2.05) is 19.9 Å². The number of rotatable bonds is 3. The molecule has 0 aliphatic heterocycles. The zero-order valence-electron chi connectivity index (χ0n) is 8.94. The highest BCUT2D eigenvalue weighted by molar-refractivity contribution is 5.89. The van der Waals surface area contributed by atoms with Gasteiger partial charge in [-0.15, -0.1) is 6.42 Å². The molecule has 78 valence electrons. The molecule has 0 fully saturated rings. The second-order valence-corrected chi connectivity index (χ2v) is 3.60. The van der Waals surface area contributed by atoms with Crippen molar-refractivity contribution in [2.45, 2.75) is 20.0 Å². The molecule has 0 saturated carbocycles. The molecular formula is C13H14O2. The smallest absolute Gasteiger partial charge is 0.339 e. The number of esters is 1. The number of terminal acetylenes is 1. The summed E-state index contributed by atoms with van der Waals surface area (Å²) in [6.45, 7) is 3.84. The van der Waals surface area contributed by atoms with Crippen molar-refractivity contribution in [3.05, 3.63) is 35.9 Å². The summed E-state index contributed by atoms with van der Waals surface area (Å²) >= 11 is 0. The third-order valence-electron chi connectivity index (χ3n) is 2.01. The van der Waals surface area contributed by atoms with Gasteiger partial charge in [-0.05, 0) is 12.1 Å². The van der Waals surface area contributed by atoms with Crippen molar-refractivity contribution in [3.8, 4) is 12.3 Å². The molecule has 1 aromatic carbocycles. The topological polar surface area (TPSA) is 26.3 Å². The lowest BCUT2D eigenvalue weighted by atomic mass is 10.1. The van der Waals surface area contributed by atoms with Crippen LogP contribution in [0.25, 0.3) is 0 Å². The monoisotopic (exact) mass is 202 g/mol. The van der Waals surface area contributed by atoms with Gasteiger partial charge in [0.2, 0.25) is 0 Å². The average Bonchev–Trinajstić information content (AvgIpc) is 2.26. The molecule has 0 heterocycles. The van der Waals surface area contributed by atoms with Crippen LogP contribution in [0.2, 0.25) is 0 Å². The summed E-state index contributed by atoms with van der Waals surface area (Å²) in [4.78, 5) is 11.6. The predicted octanol–water partition coefficient (Wildman–Crippen LogP) is 2.50. The van der Waals surface area contributed by atoms with E-state index < -0.39 is 6.10 Å². The van der Waals surface area contributed by atoms with E-state index in [4.69, 9.17) is 11.2 Å². The van der Waals surface area contributed by atoms with Gasteiger partial charge in [-0.2, -0.15) is 0 Å². The Morgan fingerprint density at radius 2 is 1.93 bits per heavy atom. The van der Waals surface area contributed by atoms with E-state index in [9.17, 15) is 4.79 Å². The summed E-state index contributed by atoms with van der Waals surface area (Å²) in [7, 11) is 0. The fourth-order valence-corrected chi connectivity index (χ4v) is 1.12. The van der Waals surface area contributed by atoms with Gasteiger partial charge in [0.1, 0.15) is 0 Å². The third kappa shape index (κ3) is 3.14. The van der Waals surface area contributed by atoms with Gasteiger partial charge < -0.3 is 4.74 Å². The highest BCUT2D eigenvalue weighted by atomic mass is 16.5. The summed E-state index contributed by atoms with van der Waals surface area (Å²) < 4.78 is 5.17. The average molecular weight is 202 g/mol. The minimum Gasteiger partial charge on any atom is -0.445 e. The van der Waals surface area contributed by atoms with Crippen molar-refractivity contribution in [1.82, 2.24) is 0 Å². The maximum atomic E-state index is 11.6. The van der Waals surface area contributed by atoms with E-state index in [1.165, 1.54) is 0 Å². The lowest BCUT2D eigenvalue weighted by molar-refractivity contribution is 0.0330. The molecule has 0 aliphatic carbocycles. The Bertz CT molecular complexity index is 360. The molecule has 1 atom stereocenters. The summed E-state index contributed by atoms with van der Waals surface area (Å²) in [6.07, 6.45) is 4.81. The number of hydrogen-bond donors (Lipinski definition) is 0. The van der Waals surface area contributed by atoms with Crippen molar-refractivity contribution in [2.75, 3.05) is 0 Å². The molecule has 0 unspecified atom stereocenters. The molecule has 2 heteroatoms. The number of benzene rings is 1. The van der Waals surface area contributed by atoms with Crippen LogP contribution in [0.1, 0.15) is 24.2 Å². The summed E-state index contributed by atoms with van der Waals surface area (Å²) in [5.74, 6) is 2.22. The van der Waals surface area contributed by atoms with Gasteiger partial charge in [0.25, 0.3) is 0 Å². The van der Waals surface area contributed by atoms with Crippen molar-refractivity contribution < 1.29 is 9.53 Å². The largest absolute Gasteiger partial charge is 0.445 e. The van der Waals surface area contributed by atoms with Crippen LogP contribution in [0.5, 0.6) is 0 Å². The predicted molar refractivity (Wildman–Crippen MR) is 59.3 cm³/mol. The summed E-state index contributed by atoms with van der Waals surface area (Å²) in [5, 5.41) is 0. The Balaban J connectivity index is 2.68. The van der Waals surface area contributed by atoms with E-state index in [0.717, 1.165) is 0 Å². The first-order chi connectivity index (χ1) is 7.15. The number of carbonyl (C=O) groups excluding carboxylic acids is 1. The Labute approximate surface area is 90.3 Å². The third-order valence-corrected chi connectivity index (χ3v) is 2.01. The first-order valence-corrected chi connectivity index (χ1v) is 4.87. The van der Waals surface area contributed by atoms with Crippen LogP contribution in [0, 0.1) is 18.3 Å². The Kier molecular flexibility index (Phi) is 3.93. The Morgan fingerprint density at radius 1 is 1.33 bits per heavy atom. The van der Waals surface area contributed by atoms with Crippen LogP contribution in [0.4, 0.5) is 0 Å². The van der Waals surface area contributed by atoms with Crippen LogP contribution in [-0.4, -0.2) is 12.1 Å². The molecule has 1 aromatic rings. The molecule has 0 amide bonds. The fourth-order valence-electron chi connectivity index (χ4n) is 1.12. The molecule has 0 aliphatic rings. The number of carbonyl (C=O) groups is 1. The molecule has 0 bridgehead atoms. The highest BCUT2D eigenvalue weighted by Gasteiger charge is 2.16. The van der Waals surface area contributed by atoms with Gasteiger partial charge in [-0.1, -0.05) is 38.0 Å². The molecule has 0 spiro atoms. The maximum Gasteiger partial charge on any atom is 0.339 e. The van der Waals surface area contributed by atoms with E-state index in [0.29, 0.717) is 5.56 Å². The van der Waals surface area contributed by atoms with Gasteiger partial charge >= 0.3 is 5.97 Å². The zero-order chi connectivity index (χ0) is 11.3. The molecule has 1 rings (SSSR count). The standard InChI is InChI=1S/C13H14O2/c1-4-12(10(2)3)15-13(14)11-8-6-5-7-9-11/h1,5-10,12H,2-3H3/t12-/m1/s1. The summed E-state index contributed by atoms with van der Waals surface area (Å²) in [6, 6.07) is 8.83. The second kappa shape index (κ2) is 5.21. The number of ether oxygens (including phenoxy) is 1. The van der Waals surface area contributed by atoms with Crippen molar-refractivity contribution in [2.24, 2.45) is 5.92 Å². The normalized spacial score (nSPS) is 11.9. The maximum absolute atomic E-state index is 11.6. The minimum absolute atomic E-state index is 0.127. The van der Waals surface area contributed by atoms with E-state index in [2.05, 4.69) is 5.92 Å². The van der Waals surface area contributed by atoms with Crippen molar-refractivity contribution in [3.63, 3.8) is 0 Å². The van der Waals surface area contributed by atoms with Gasteiger partial charge in [0, 0.05) is 5.92 Å². The first kappa shape index (κ1) is 11.3. The molecule has 0 radical (unpaired) electrons. The second-order valence-electron chi connectivity index (χ2n) is 3.60. The Hall–Kier alpha value is -1.75. The molecule has 0 saturated heterocycles. The van der Waals surface area contributed by atoms with Gasteiger partial charge in [-0.25, -0.2) is 4.79 Å². The molecule has 15 heavy (non-hydrogen) atoms. The van der Waals surface area contributed by atoms with Gasteiger partial charge in [0.15, 0.2) is 6.10 Å². The van der Waals surface area contributed by atoms with Crippen LogP contribution in [-0.2, 0) is 4.74 Å². The SMILES string of the molecule is C#C[C@@H](OC(=O)c1ccccc1)C(C)C. The highest BCUT2D eigenvalue weighted by Crippen LogP contribution is 2.09. The van der Waals surface area contributed by atoms with Crippen LogP contribution >= 0.6 is 0 Å². The number of hydrogen-bond acceptors (Lipinski definition) is 2. The van der Waals surface area contributed by atoms with E-state index in [1.54, 1.807) is 24.3 Å². The van der Waals surface area contributed by atoms with Gasteiger partial charge in [0.05, 0.1) is 5.56 Å². The molecule has 2 nitrogen and oxygen atoms in total. The van der Waals surface area contributed by atoms with Gasteiger partial charge in [-0.3, -0.25) is 0 Å². The molecule has 0 aromatic heterocycles. The summed E-state index contributed by atoms with van der Waals surface area (Å²) in [5.41, 5.74) is 0.526. The quantitative estimate of drug-likeness (QED) is 0.556. The Morgan fingerprint density at radius 3 is 2.40 bits per heavy atom. The lowest BCUT2D eigenvalue weighted by Crippen LogP contribution is -2.21. The van der Waals surface area contributed by atoms with Crippen LogP contribution in [0.3, 0.4) is 0 Å². The minimum atomic E-state index is -0.460. The van der Waals surface area contributed by atoms with Crippen molar-refractivity contribution in [1.29, 1.82) is 0 Å². The van der Waals surface area contributed by atoms with Crippen molar-refractivity contribution >= 4 is 5.97 Å². The van der Waals surface area contributed by atoms with E-state index >= 15 is 0 Å². The van der Waals surface area contributed by atoms with Crippen LogP contribution < -0.4 is 0 Å². The van der Waals surface area contributed by atoms with Crippen LogP contribution in [0.15, 0.2) is 30.3 Å².